The molecule has 0 radical (unpaired) electrons. The number of halogens is 1. The van der Waals surface area contributed by atoms with Gasteiger partial charge in [-0.3, -0.25) is 0 Å². The summed E-state index contributed by atoms with van der Waals surface area (Å²) in [6.07, 6.45) is 3.76. The Morgan fingerprint density at radius 3 is 2.52 bits per heavy atom. The van der Waals surface area contributed by atoms with Gasteiger partial charge < -0.3 is 14.2 Å². The van der Waals surface area contributed by atoms with Gasteiger partial charge in [-0.25, -0.2) is 9.79 Å². The standard InChI is InChI=1S/C25H28INO4/c1-5-7-12-30-23-20(26)13-17(15-22(23)29-6-2)14-21-25(28)31-24(27-21)19-10-8-18(9-11-19)16(3)4/h8-11,13-16H,5-7,12H2,1-4H3/b21-14-. The Kier molecular flexibility index (Phi) is 8.12. The largest absolute Gasteiger partial charge is 0.490 e. The molecular weight excluding hydrogens is 505 g/mol. The third-order valence-electron chi connectivity index (χ3n) is 4.82. The van der Waals surface area contributed by atoms with Crippen LogP contribution in [0.1, 0.15) is 63.1 Å². The van der Waals surface area contributed by atoms with Crippen molar-refractivity contribution in [2.24, 2.45) is 4.99 Å². The van der Waals surface area contributed by atoms with Crippen LogP contribution in [0, 0.1) is 3.57 Å². The van der Waals surface area contributed by atoms with Gasteiger partial charge in [0.2, 0.25) is 5.90 Å². The first-order valence-electron chi connectivity index (χ1n) is 10.6. The summed E-state index contributed by atoms with van der Waals surface area (Å²) in [5.74, 6) is 1.71. The molecule has 0 saturated carbocycles. The van der Waals surface area contributed by atoms with Crippen molar-refractivity contribution in [3.63, 3.8) is 0 Å². The van der Waals surface area contributed by atoms with Crippen LogP contribution in [0.2, 0.25) is 0 Å². The number of hydrogen-bond donors (Lipinski definition) is 0. The summed E-state index contributed by atoms with van der Waals surface area (Å²) in [6.45, 7) is 9.51. The van der Waals surface area contributed by atoms with Gasteiger partial charge in [-0.05, 0) is 83.3 Å². The highest BCUT2D eigenvalue weighted by molar-refractivity contribution is 14.1. The van der Waals surface area contributed by atoms with E-state index in [1.807, 2.05) is 43.3 Å². The van der Waals surface area contributed by atoms with Crippen molar-refractivity contribution in [3.8, 4) is 11.5 Å². The zero-order valence-electron chi connectivity index (χ0n) is 18.4. The topological polar surface area (TPSA) is 57.1 Å². The maximum atomic E-state index is 12.4. The molecule has 0 atom stereocenters. The highest BCUT2D eigenvalue weighted by atomic mass is 127. The zero-order valence-corrected chi connectivity index (χ0v) is 20.6. The van der Waals surface area contributed by atoms with Crippen LogP contribution in [0.25, 0.3) is 6.08 Å². The Hall–Kier alpha value is -2.35. The number of carbonyl (C=O) groups is 1. The normalized spacial score (nSPS) is 14.7. The highest BCUT2D eigenvalue weighted by Crippen LogP contribution is 2.35. The van der Waals surface area contributed by atoms with Gasteiger partial charge in [-0.1, -0.05) is 39.3 Å². The number of aliphatic imine (C=N–C) groups is 1. The van der Waals surface area contributed by atoms with Crippen LogP contribution in [-0.4, -0.2) is 25.1 Å². The molecule has 6 heteroatoms. The van der Waals surface area contributed by atoms with E-state index in [1.165, 1.54) is 5.56 Å². The van der Waals surface area contributed by atoms with E-state index in [2.05, 4.69) is 48.4 Å². The van der Waals surface area contributed by atoms with Crippen molar-refractivity contribution < 1.29 is 19.0 Å². The predicted octanol–water partition coefficient (Wildman–Crippen LogP) is 6.34. The van der Waals surface area contributed by atoms with E-state index in [0.717, 1.165) is 33.3 Å². The van der Waals surface area contributed by atoms with E-state index in [-0.39, 0.29) is 5.70 Å². The second-order valence-corrected chi connectivity index (χ2v) is 8.74. The van der Waals surface area contributed by atoms with E-state index in [0.29, 0.717) is 30.8 Å². The number of nitrogens with zero attached hydrogens (tertiary/aromatic N) is 1. The molecule has 2 aromatic rings. The number of carbonyl (C=O) groups excluding carboxylic acids is 1. The zero-order chi connectivity index (χ0) is 22.4. The first-order valence-corrected chi connectivity index (χ1v) is 11.7. The van der Waals surface area contributed by atoms with Gasteiger partial charge in [0.1, 0.15) is 0 Å². The Balaban J connectivity index is 1.88. The van der Waals surface area contributed by atoms with E-state index in [1.54, 1.807) is 6.08 Å². The van der Waals surface area contributed by atoms with Crippen molar-refractivity contribution in [1.29, 1.82) is 0 Å². The lowest BCUT2D eigenvalue weighted by Gasteiger charge is -2.14. The second-order valence-electron chi connectivity index (χ2n) is 7.58. The molecule has 0 spiro atoms. The first kappa shape index (κ1) is 23.3. The smallest absolute Gasteiger partial charge is 0.363 e. The number of benzene rings is 2. The number of rotatable bonds is 9. The Labute approximate surface area is 197 Å². The van der Waals surface area contributed by atoms with Crippen molar-refractivity contribution in [2.45, 2.75) is 46.5 Å². The summed E-state index contributed by atoms with van der Waals surface area (Å²) < 4.78 is 18.1. The average molecular weight is 533 g/mol. The monoisotopic (exact) mass is 533 g/mol. The molecule has 3 rings (SSSR count). The molecule has 164 valence electrons. The van der Waals surface area contributed by atoms with Gasteiger partial charge in [0.05, 0.1) is 16.8 Å². The molecule has 0 amide bonds. The first-order chi connectivity index (χ1) is 14.9. The molecule has 0 saturated heterocycles. The summed E-state index contributed by atoms with van der Waals surface area (Å²) >= 11 is 2.23. The number of esters is 1. The molecule has 0 aliphatic carbocycles. The highest BCUT2D eigenvalue weighted by Gasteiger charge is 2.24. The van der Waals surface area contributed by atoms with E-state index < -0.39 is 5.97 Å². The van der Waals surface area contributed by atoms with Gasteiger partial charge >= 0.3 is 5.97 Å². The quantitative estimate of drug-likeness (QED) is 0.164. The summed E-state index contributed by atoms with van der Waals surface area (Å²) in [6, 6.07) is 11.8. The van der Waals surface area contributed by atoms with Gasteiger partial charge in [-0.2, -0.15) is 0 Å². The minimum Gasteiger partial charge on any atom is -0.490 e. The second kappa shape index (κ2) is 10.8. The van der Waals surface area contributed by atoms with Gasteiger partial charge in [0, 0.05) is 5.56 Å². The lowest BCUT2D eigenvalue weighted by atomic mass is 10.0. The van der Waals surface area contributed by atoms with E-state index in [9.17, 15) is 4.79 Å². The van der Waals surface area contributed by atoms with Crippen LogP contribution < -0.4 is 9.47 Å². The minimum atomic E-state index is -0.459. The number of unbranched alkanes of at least 4 members (excludes halogenated alkanes) is 1. The molecule has 1 aliphatic rings. The van der Waals surface area contributed by atoms with E-state index >= 15 is 0 Å². The Morgan fingerprint density at radius 1 is 1.13 bits per heavy atom. The third kappa shape index (κ3) is 5.87. The van der Waals surface area contributed by atoms with Gasteiger partial charge in [0.25, 0.3) is 0 Å². The van der Waals surface area contributed by atoms with E-state index in [4.69, 9.17) is 14.2 Å². The maximum absolute atomic E-state index is 12.4. The lowest BCUT2D eigenvalue weighted by Crippen LogP contribution is -2.05. The van der Waals surface area contributed by atoms with Crippen molar-refractivity contribution >= 4 is 40.5 Å². The van der Waals surface area contributed by atoms with Crippen LogP contribution >= 0.6 is 22.6 Å². The fourth-order valence-corrected chi connectivity index (χ4v) is 3.88. The molecule has 0 fully saturated rings. The van der Waals surface area contributed by atoms with Crippen molar-refractivity contribution in [1.82, 2.24) is 0 Å². The van der Waals surface area contributed by atoms with Crippen LogP contribution in [0.5, 0.6) is 11.5 Å². The van der Waals surface area contributed by atoms with Gasteiger partial charge in [0.15, 0.2) is 17.2 Å². The fourth-order valence-electron chi connectivity index (χ4n) is 3.09. The number of cyclic esters (lactones) is 1. The molecule has 1 heterocycles. The molecule has 5 nitrogen and oxygen atoms in total. The Bertz CT molecular complexity index is 993. The van der Waals surface area contributed by atoms with Crippen molar-refractivity contribution in [2.75, 3.05) is 13.2 Å². The average Bonchev–Trinajstić information content (AvgIpc) is 3.10. The Morgan fingerprint density at radius 2 is 1.87 bits per heavy atom. The van der Waals surface area contributed by atoms with Gasteiger partial charge in [-0.15, -0.1) is 0 Å². The molecule has 1 aliphatic heterocycles. The molecular formula is C25H28INO4. The summed E-state index contributed by atoms with van der Waals surface area (Å²) in [7, 11) is 0. The van der Waals surface area contributed by atoms with Crippen molar-refractivity contribution in [3.05, 3.63) is 62.4 Å². The summed E-state index contributed by atoms with van der Waals surface area (Å²) in [5.41, 5.74) is 3.08. The van der Waals surface area contributed by atoms with Crippen LogP contribution in [0.15, 0.2) is 47.1 Å². The lowest BCUT2D eigenvalue weighted by molar-refractivity contribution is -0.129. The predicted molar refractivity (Wildman–Crippen MR) is 132 cm³/mol. The van der Waals surface area contributed by atoms with Crippen LogP contribution in [0.4, 0.5) is 0 Å². The molecule has 0 bridgehead atoms. The number of ether oxygens (including phenoxy) is 3. The third-order valence-corrected chi connectivity index (χ3v) is 5.63. The molecule has 31 heavy (non-hydrogen) atoms. The molecule has 0 unspecified atom stereocenters. The fraction of sp³-hybridized carbons (Fsp3) is 0.360. The molecule has 0 aromatic heterocycles. The summed E-state index contributed by atoms with van der Waals surface area (Å²) in [4.78, 5) is 16.8. The SMILES string of the molecule is CCCCOc1c(I)cc(/C=C2\N=C(c3ccc(C(C)C)cc3)OC2=O)cc1OCC. The number of hydrogen-bond acceptors (Lipinski definition) is 5. The maximum Gasteiger partial charge on any atom is 0.363 e. The molecule has 2 aromatic carbocycles. The van der Waals surface area contributed by atoms with Crippen LogP contribution in [-0.2, 0) is 9.53 Å². The summed E-state index contributed by atoms with van der Waals surface area (Å²) in [5, 5.41) is 0. The molecule has 0 N–H and O–H groups in total. The minimum absolute atomic E-state index is 0.265. The van der Waals surface area contributed by atoms with Crippen LogP contribution in [0.3, 0.4) is 0 Å².